The third-order valence-corrected chi connectivity index (χ3v) is 3.75. The molecule has 7 heteroatoms. The summed E-state index contributed by atoms with van der Waals surface area (Å²) in [6.07, 6.45) is 1.18. The molecule has 0 aliphatic rings. The van der Waals surface area contributed by atoms with Crippen molar-refractivity contribution in [3.63, 3.8) is 0 Å². The number of esters is 1. The standard InChI is InChI=1S/C19H17N3O4/c1-2-26-19(25)13-7-3-4-8-14(13)21-17(23)12-22-16-10-6-5-9-15(16)20-11-18(22)24/h3-11H,2,12H2,1H3,(H,21,23). The van der Waals surface area contributed by atoms with Crippen LogP contribution >= 0.6 is 0 Å². The van der Waals surface area contributed by atoms with Crippen molar-refractivity contribution in [1.82, 2.24) is 9.55 Å². The van der Waals surface area contributed by atoms with E-state index in [1.54, 1.807) is 55.5 Å². The highest BCUT2D eigenvalue weighted by atomic mass is 16.5. The first kappa shape index (κ1) is 17.3. The minimum absolute atomic E-state index is 0.195. The Kier molecular flexibility index (Phi) is 5.07. The zero-order valence-corrected chi connectivity index (χ0v) is 14.1. The highest BCUT2D eigenvalue weighted by Gasteiger charge is 2.15. The van der Waals surface area contributed by atoms with E-state index in [4.69, 9.17) is 4.74 Å². The first-order valence-electron chi connectivity index (χ1n) is 8.10. The average molecular weight is 351 g/mol. The predicted octanol–water partition coefficient (Wildman–Crippen LogP) is 2.21. The molecule has 0 radical (unpaired) electrons. The molecule has 3 aromatic rings. The molecule has 2 aromatic carbocycles. The molecule has 0 aliphatic carbocycles. The zero-order valence-electron chi connectivity index (χ0n) is 14.1. The molecule has 1 N–H and O–H groups in total. The van der Waals surface area contributed by atoms with Gasteiger partial charge in [0.05, 0.1) is 35.1 Å². The highest BCUT2D eigenvalue weighted by molar-refractivity contribution is 6.01. The molecule has 7 nitrogen and oxygen atoms in total. The van der Waals surface area contributed by atoms with Crippen molar-refractivity contribution in [2.45, 2.75) is 13.5 Å². The largest absolute Gasteiger partial charge is 0.462 e. The second-order valence-corrected chi connectivity index (χ2v) is 5.49. The van der Waals surface area contributed by atoms with Crippen molar-refractivity contribution in [3.8, 4) is 0 Å². The van der Waals surface area contributed by atoms with E-state index in [0.29, 0.717) is 16.7 Å². The summed E-state index contributed by atoms with van der Waals surface area (Å²) >= 11 is 0. The smallest absolute Gasteiger partial charge is 0.340 e. The SMILES string of the molecule is CCOC(=O)c1ccccc1NC(=O)Cn1c(=O)cnc2ccccc21. The fourth-order valence-electron chi connectivity index (χ4n) is 2.59. The van der Waals surface area contributed by atoms with Gasteiger partial charge >= 0.3 is 5.97 Å². The molecule has 3 rings (SSSR count). The number of hydrogen-bond donors (Lipinski definition) is 1. The van der Waals surface area contributed by atoms with Crippen molar-refractivity contribution in [2.24, 2.45) is 0 Å². The predicted molar refractivity (Wildman–Crippen MR) is 97.0 cm³/mol. The fourth-order valence-corrected chi connectivity index (χ4v) is 2.59. The summed E-state index contributed by atoms with van der Waals surface area (Å²) < 4.78 is 6.33. The number of hydrogen-bond acceptors (Lipinski definition) is 5. The number of carbonyl (C=O) groups is 2. The number of benzene rings is 2. The third kappa shape index (κ3) is 3.61. The summed E-state index contributed by atoms with van der Waals surface area (Å²) in [6.45, 7) is 1.75. The number of nitrogens with zero attached hydrogens (tertiary/aromatic N) is 2. The van der Waals surface area contributed by atoms with Gasteiger partial charge in [-0.1, -0.05) is 24.3 Å². The molecule has 0 fully saturated rings. The van der Waals surface area contributed by atoms with Crippen molar-refractivity contribution >= 4 is 28.6 Å². The van der Waals surface area contributed by atoms with E-state index in [-0.39, 0.29) is 24.3 Å². The minimum atomic E-state index is -0.519. The fraction of sp³-hybridized carbons (Fsp3) is 0.158. The minimum Gasteiger partial charge on any atom is -0.462 e. The molecule has 132 valence electrons. The van der Waals surface area contributed by atoms with E-state index < -0.39 is 11.9 Å². The van der Waals surface area contributed by atoms with Crippen LogP contribution in [0, 0.1) is 0 Å². The normalized spacial score (nSPS) is 10.5. The van der Waals surface area contributed by atoms with Crippen molar-refractivity contribution in [2.75, 3.05) is 11.9 Å². The van der Waals surface area contributed by atoms with Gasteiger partial charge < -0.3 is 10.1 Å². The van der Waals surface area contributed by atoms with Crippen LogP contribution in [0.15, 0.2) is 59.5 Å². The summed E-state index contributed by atoms with van der Waals surface area (Å²) in [5.41, 5.74) is 1.40. The Bertz CT molecular complexity index is 1030. The molecule has 1 aromatic heterocycles. The Hall–Kier alpha value is -3.48. The van der Waals surface area contributed by atoms with Crippen molar-refractivity contribution in [1.29, 1.82) is 0 Å². The molecule has 0 unspecified atom stereocenters. The zero-order chi connectivity index (χ0) is 18.5. The Labute approximate surface area is 149 Å². The van der Waals surface area contributed by atoms with Gasteiger partial charge in [-0.3, -0.25) is 14.2 Å². The number of para-hydroxylation sites is 3. The quantitative estimate of drug-likeness (QED) is 0.712. The van der Waals surface area contributed by atoms with Gasteiger partial charge in [-0.15, -0.1) is 0 Å². The summed E-state index contributed by atoms with van der Waals surface area (Å²) in [6, 6.07) is 13.6. The number of ether oxygens (including phenoxy) is 1. The molecule has 0 bridgehead atoms. The Morgan fingerprint density at radius 1 is 1.12 bits per heavy atom. The van der Waals surface area contributed by atoms with Crippen LogP contribution in [0.25, 0.3) is 11.0 Å². The molecule has 1 amide bonds. The van der Waals surface area contributed by atoms with Crippen LogP contribution in [0.4, 0.5) is 5.69 Å². The number of aromatic nitrogens is 2. The van der Waals surface area contributed by atoms with Crippen LogP contribution in [0.5, 0.6) is 0 Å². The van der Waals surface area contributed by atoms with E-state index in [1.807, 2.05) is 0 Å². The molecule has 26 heavy (non-hydrogen) atoms. The molecule has 0 saturated heterocycles. The van der Waals surface area contributed by atoms with E-state index in [1.165, 1.54) is 10.8 Å². The van der Waals surface area contributed by atoms with E-state index in [9.17, 15) is 14.4 Å². The van der Waals surface area contributed by atoms with Gasteiger partial charge in [0, 0.05) is 0 Å². The van der Waals surface area contributed by atoms with Crippen LogP contribution in [0.1, 0.15) is 17.3 Å². The second kappa shape index (κ2) is 7.60. The number of fused-ring (bicyclic) bond motifs is 1. The molecule has 0 saturated carbocycles. The van der Waals surface area contributed by atoms with Crippen molar-refractivity contribution < 1.29 is 14.3 Å². The number of rotatable bonds is 5. The van der Waals surface area contributed by atoms with Crippen LogP contribution in [0.2, 0.25) is 0 Å². The molecule has 0 atom stereocenters. The molecule has 0 spiro atoms. The van der Waals surface area contributed by atoms with Gasteiger partial charge in [-0.05, 0) is 31.2 Å². The van der Waals surface area contributed by atoms with Gasteiger partial charge in [0.1, 0.15) is 6.54 Å². The summed E-state index contributed by atoms with van der Waals surface area (Å²) in [7, 11) is 0. The number of carbonyl (C=O) groups excluding carboxylic acids is 2. The lowest BCUT2D eigenvalue weighted by Gasteiger charge is -2.12. The topological polar surface area (TPSA) is 90.3 Å². The van der Waals surface area contributed by atoms with Gasteiger partial charge in [-0.2, -0.15) is 0 Å². The molecule has 0 aliphatic heterocycles. The van der Waals surface area contributed by atoms with Crippen LogP contribution in [0.3, 0.4) is 0 Å². The number of anilines is 1. The molecule has 1 heterocycles. The first-order valence-corrected chi connectivity index (χ1v) is 8.10. The number of nitrogens with one attached hydrogen (secondary N) is 1. The van der Waals surface area contributed by atoms with Crippen molar-refractivity contribution in [3.05, 3.63) is 70.6 Å². The van der Waals surface area contributed by atoms with Gasteiger partial charge in [-0.25, -0.2) is 9.78 Å². The highest BCUT2D eigenvalue weighted by Crippen LogP contribution is 2.16. The van der Waals surface area contributed by atoms with Crippen LogP contribution < -0.4 is 10.9 Å². The van der Waals surface area contributed by atoms with Gasteiger partial charge in [0.15, 0.2) is 0 Å². The average Bonchev–Trinajstić information content (AvgIpc) is 2.65. The Balaban J connectivity index is 1.86. The lowest BCUT2D eigenvalue weighted by Crippen LogP contribution is -2.28. The van der Waals surface area contributed by atoms with Crippen LogP contribution in [-0.2, 0) is 16.1 Å². The van der Waals surface area contributed by atoms with E-state index in [0.717, 1.165) is 0 Å². The first-order chi connectivity index (χ1) is 12.6. The van der Waals surface area contributed by atoms with Gasteiger partial charge in [0.25, 0.3) is 5.56 Å². The van der Waals surface area contributed by atoms with E-state index in [2.05, 4.69) is 10.3 Å². The summed E-state index contributed by atoms with van der Waals surface area (Å²) in [5.74, 6) is -0.949. The Morgan fingerprint density at radius 3 is 2.65 bits per heavy atom. The molecular weight excluding hydrogens is 334 g/mol. The second-order valence-electron chi connectivity index (χ2n) is 5.49. The monoisotopic (exact) mass is 351 g/mol. The maximum Gasteiger partial charge on any atom is 0.340 e. The lowest BCUT2D eigenvalue weighted by molar-refractivity contribution is -0.116. The Morgan fingerprint density at radius 2 is 1.85 bits per heavy atom. The maximum atomic E-state index is 12.5. The van der Waals surface area contributed by atoms with E-state index >= 15 is 0 Å². The molecular formula is C19H17N3O4. The van der Waals surface area contributed by atoms with Crippen LogP contribution in [-0.4, -0.2) is 28.0 Å². The van der Waals surface area contributed by atoms with Gasteiger partial charge in [0.2, 0.25) is 5.91 Å². The number of amides is 1. The third-order valence-electron chi connectivity index (χ3n) is 3.75. The maximum absolute atomic E-state index is 12.5. The summed E-state index contributed by atoms with van der Waals surface area (Å²) in [5, 5.41) is 2.67. The summed E-state index contributed by atoms with van der Waals surface area (Å²) in [4.78, 5) is 40.7. The lowest BCUT2D eigenvalue weighted by atomic mass is 10.2.